The van der Waals surface area contributed by atoms with Crippen LogP contribution in [0.5, 0.6) is 0 Å². The molecule has 1 saturated carbocycles. The Kier molecular flexibility index (Phi) is 6.22. The minimum atomic E-state index is -0.494. The van der Waals surface area contributed by atoms with E-state index in [9.17, 15) is 14.4 Å². The molecule has 31 heavy (non-hydrogen) atoms. The second-order valence-corrected chi connectivity index (χ2v) is 8.61. The Labute approximate surface area is 181 Å². The van der Waals surface area contributed by atoms with Crippen molar-refractivity contribution in [1.82, 2.24) is 19.2 Å². The van der Waals surface area contributed by atoms with Crippen molar-refractivity contribution in [2.75, 3.05) is 25.0 Å². The first-order valence-corrected chi connectivity index (χ1v) is 11.0. The minimum Gasteiger partial charge on any atom is -0.366 e. The van der Waals surface area contributed by atoms with Gasteiger partial charge in [0, 0.05) is 30.3 Å². The fourth-order valence-corrected chi connectivity index (χ4v) is 4.75. The Balaban J connectivity index is 1.33. The molecule has 1 saturated heterocycles. The zero-order chi connectivity index (χ0) is 22.0. The highest BCUT2D eigenvalue weighted by molar-refractivity contribution is 5.95. The van der Waals surface area contributed by atoms with Crippen LogP contribution in [0, 0.1) is 0 Å². The Bertz CT molecular complexity index is 995. The molecule has 2 aliphatic rings. The lowest BCUT2D eigenvalue weighted by Crippen LogP contribution is -2.39. The van der Waals surface area contributed by atoms with Gasteiger partial charge < -0.3 is 11.1 Å². The third-order valence-corrected chi connectivity index (χ3v) is 6.45. The van der Waals surface area contributed by atoms with E-state index in [0.29, 0.717) is 17.8 Å². The number of amides is 2. The van der Waals surface area contributed by atoms with Crippen LogP contribution in [0.2, 0.25) is 0 Å². The van der Waals surface area contributed by atoms with E-state index in [1.807, 2.05) is 4.57 Å². The maximum atomic E-state index is 12.6. The summed E-state index contributed by atoms with van der Waals surface area (Å²) in [5.74, 6) is 0.575. The van der Waals surface area contributed by atoms with Crippen LogP contribution in [0.1, 0.15) is 66.7 Å². The van der Waals surface area contributed by atoms with Crippen LogP contribution in [0.4, 0.5) is 5.69 Å². The molecule has 0 bridgehead atoms. The number of primary amides is 1. The first-order valence-electron chi connectivity index (χ1n) is 11.0. The quantitative estimate of drug-likeness (QED) is 0.728. The number of aryl methyl sites for hydroxylation is 1. The fourth-order valence-electron chi connectivity index (χ4n) is 4.75. The number of aromatic nitrogens is 3. The molecule has 2 heterocycles. The molecule has 1 aromatic carbocycles. The number of benzene rings is 1. The molecule has 0 spiro atoms. The summed E-state index contributed by atoms with van der Waals surface area (Å²) in [6, 6.07) is 6.82. The lowest BCUT2D eigenvalue weighted by atomic mass is 9.95. The number of likely N-dealkylation sites (tertiary alicyclic amines) is 1. The topological polar surface area (TPSA) is 115 Å². The van der Waals surface area contributed by atoms with Gasteiger partial charge in [0.1, 0.15) is 5.82 Å². The molecule has 9 heteroatoms. The van der Waals surface area contributed by atoms with E-state index in [2.05, 4.69) is 15.3 Å². The number of nitrogens with two attached hydrogens (primary N) is 1. The van der Waals surface area contributed by atoms with Crippen molar-refractivity contribution in [2.24, 2.45) is 12.8 Å². The predicted octanol–water partition coefficient (Wildman–Crippen LogP) is 1.61. The number of anilines is 1. The Morgan fingerprint density at radius 3 is 2.35 bits per heavy atom. The molecule has 2 fully saturated rings. The summed E-state index contributed by atoms with van der Waals surface area (Å²) in [4.78, 5) is 38.3. The van der Waals surface area contributed by atoms with E-state index in [1.54, 1.807) is 31.3 Å². The normalized spacial score (nSPS) is 18.4. The molecule has 3 N–H and O–H groups in total. The number of hydrogen-bond donors (Lipinski definition) is 2. The van der Waals surface area contributed by atoms with Gasteiger partial charge in [-0.1, -0.05) is 12.8 Å². The summed E-state index contributed by atoms with van der Waals surface area (Å²) in [5.41, 5.74) is 6.28. The van der Waals surface area contributed by atoms with Crippen molar-refractivity contribution < 1.29 is 9.59 Å². The van der Waals surface area contributed by atoms with Crippen molar-refractivity contribution in [2.45, 2.75) is 50.5 Å². The van der Waals surface area contributed by atoms with Crippen LogP contribution in [0.15, 0.2) is 29.1 Å². The lowest BCUT2D eigenvalue weighted by Gasteiger charge is -2.31. The largest absolute Gasteiger partial charge is 0.366 e. The third-order valence-electron chi connectivity index (χ3n) is 6.45. The van der Waals surface area contributed by atoms with Crippen LogP contribution in [-0.4, -0.2) is 50.7 Å². The number of nitrogens with one attached hydrogen (secondary N) is 1. The Hall–Kier alpha value is -2.94. The van der Waals surface area contributed by atoms with E-state index < -0.39 is 5.91 Å². The van der Waals surface area contributed by atoms with Crippen LogP contribution in [0.3, 0.4) is 0 Å². The van der Waals surface area contributed by atoms with E-state index in [4.69, 9.17) is 5.73 Å². The molecule has 1 aliphatic heterocycles. The number of carbonyl (C=O) groups is 2. The average molecular weight is 427 g/mol. The highest BCUT2D eigenvalue weighted by Gasteiger charge is 2.30. The summed E-state index contributed by atoms with van der Waals surface area (Å²) in [6.07, 6.45) is 6.21. The first kappa shape index (κ1) is 21.3. The van der Waals surface area contributed by atoms with E-state index in [-0.39, 0.29) is 23.6 Å². The van der Waals surface area contributed by atoms with Gasteiger partial charge in [0.15, 0.2) is 0 Å². The maximum Gasteiger partial charge on any atom is 0.345 e. The summed E-state index contributed by atoms with van der Waals surface area (Å²) in [7, 11) is 1.73. The van der Waals surface area contributed by atoms with Crippen molar-refractivity contribution in [3.8, 4) is 0 Å². The lowest BCUT2D eigenvalue weighted by molar-refractivity contribution is -0.117. The van der Waals surface area contributed by atoms with Crippen LogP contribution in [0.25, 0.3) is 0 Å². The van der Waals surface area contributed by atoms with Crippen LogP contribution >= 0.6 is 0 Å². The average Bonchev–Trinajstić information content (AvgIpc) is 3.37. The number of carbonyl (C=O) groups excluding carboxylic acids is 2. The molecular formula is C22H30N6O3. The molecule has 0 radical (unpaired) electrons. The van der Waals surface area contributed by atoms with Gasteiger partial charge in [0.25, 0.3) is 0 Å². The van der Waals surface area contributed by atoms with Gasteiger partial charge in [-0.15, -0.1) is 0 Å². The zero-order valence-electron chi connectivity index (χ0n) is 17.9. The van der Waals surface area contributed by atoms with E-state index in [0.717, 1.165) is 44.6 Å². The molecule has 0 atom stereocenters. The van der Waals surface area contributed by atoms with Crippen molar-refractivity contribution in [3.05, 3.63) is 46.1 Å². The molecule has 1 aromatic heterocycles. The van der Waals surface area contributed by atoms with E-state index in [1.165, 1.54) is 17.5 Å². The Morgan fingerprint density at radius 1 is 1.10 bits per heavy atom. The van der Waals surface area contributed by atoms with Gasteiger partial charge in [-0.25, -0.2) is 9.48 Å². The Morgan fingerprint density at radius 2 is 1.74 bits per heavy atom. The standard InChI is InChI=1S/C22H30N6O3/c1-26-22(31)28(18-4-2-3-5-18)21(25-26)16-10-12-27(13-11-16)14-19(29)24-17-8-6-15(7-9-17)20(23)30/h6-9,16,18H,2-5,10-14H2,1H3,(H2,23,30)(H,24,29). The highest BCUT2D eigenvalue weighted by Crippen LogP contribution is 2.33. The monoisotopic (exact) mass is 426 g/mol. The molecule has 166 valence electrons. The molecule has 4 rings (SSSR count). The second kappa shape index (κ2) is 9.05. The SMILES string of the molecule is Cn1nc(C2CCN(CC(=O)Nc3ccc(C(N)=O)cc3)CC2)n(C2CCCC2)c1=O. The molecule has 0 unspecified atom stereocenters. The van der Waals surface area contributed by atoms with Crippen molar-refractivity contribution in [1.29, 1.82) is 0 Å². The molecular weight excluding hydrogens is 396 g/mol. The van der Waals surface area contributed by atoms with E-state index >= 15 is 0 Å². The van der Waals surface area contributed by atoms with Gasteiger partial charge in [-0.3, -0.25) is 19.1 Å². The van der Waals surface area contributed by atoms with Crippen LogP contribution in [-0.2, 0) is 11.8 Å². The summed E-state index contributed by atoms with van der Waals surface area (Å²) in [5, 5.41) is 7.44. The predicted molar refractivity (Wildman–Crippen MR) is 117 cm³/mol. The number of hydrogen-bond acceptors (Lipinski definition) is 5. The van der Waals surface area contributed by atoms with Gasteiger partial charge >= 0.3 is 5.69 Å². The van der Waals surface area contributed by atoms with Gasteiger partial charge in [-0.2, -0.15) is 5.10 Å². The highest BCUT2D eigenvalue weighted by atomic mass is 16.2. The summed E-state index contributed by atoms with van der Waals surface area (Å²) in [6.45, 7) is 1.88. The smallest absolute Gasteiger partial charge is 0.345 e. The molecule has 1 aliphatic carbocycles. The summed E-state index contributed by atoms with van der Waals surface area (Å²) >= 11 is 0. The van der Waals surface area contributed by atoms with Gasteiger partial charge in [-0.05, 0) is 63.0 Å². The number of nitrogens with zero attached hydrogens (tertiary/aromatic N) is 4. The number of piperidine rings is 1. The maximum absolute atomic E-state index is 12.6. The van der Waals surface area contributed by atoms with Crippen molar-refractivity contribution in [3.63, 3.8) is 0 Å². The molecule has 9 nitrogen and oxygen atoms in total. The third kappa shape index (κ3) is 4.71. The molecule has 2 aromatic rings. The van der Waals surface area contributed by atoms with Gasteiger partial charge in [0.05, 0.1) is 6.54 Å². The number of rotatable bonds is 6. The van der Waals surface area contributed by atoms with Crippen molar-refractivity contribution >= 4 is 17.5 Å². The second-order valence-electron chi connectivity index (χ2n) is 8.61. The fraction of sp³-hybridized carbons (Fsp3) is 0.545. The summed E-state index contributed by atoms with van der Waals surface area (Å²) < 4.78 is 3.41. The first-order chi connectivity index (χ1) is 14.9. The minimum absolute atomic E-state index is 0.00828. The van der Waals surface area contributed by atoms with Crippen LogP contribution < -0.4 is 16.7 Å². The van der Waals surface area contributed by atoms with Gasteiger partial charge in [0.2, 0.25) is 11.8 Å². The molecule has 2 amide bonds. The zero-order valence-corrected chi connectivity index (χ0v) is 17.9.